The third kappa shape index (κ3) is 4.63. The summed E-state index contributed by atoms with van der Waals surface area (Å²) in [7, 11) is 1.36. The van der Waals surface area contributed by atoms with E-state index < -0.39 is 5.60 Å². The summed E-state index contributed by atoms with van der Waals surface area (Å²) >= 11 is 0. The molecule has 1 N–H and O–H groups in total. The summed E-state index contributed by atoms with van der Waals surface area (Å²) in [6, 6.07) is 7.08. The molecule has 5 heteroatoms. The van der Waals surface area contributed by atoms with Crippen LogP contribution in [0.1, 0.15) is 33.1 Å². The third-order valence-electron chi connectivity index (χ3n) is 3.41. The number of rotatable bonds is 9. The fraction of sp³-hybridized carbons (Fsp3) is 0.562. The molecular formula is C16H24O5. The van der Waals surface area contributed by atoms with Gasteiger partial charge in [-0.3, -0.25) is 0 Å². The Kier molecular flexibility index (Phi) is 7.02. The lowest BCUT2D eigenvalue weighted by atomic mass is 9.97. The molecule has 0 atom stereocenters. The smallest absolute Gasteiger partial charge is 0.350 e. The molecule has 21 heavy (non-hydrogen) atoms. The highest BCUT2D eigenvalue weighted by Crippen LogP contribution is 2.27. The van der Waals surface area contributed by atoms with Crippen molar-refractivity contribution in [2.45, 2.75) is 38.7 Å². The van der Waals surface area contributed by atoms with E-state index in [2.05, 4.69) is 0 Å². The Labute approximate surface area is 125 Å². The maximum Gasteiger partial charge on any atom is 0.350 e. The van der Waals surface area contributed by atoms with E-state index in [0.717, 1.165) is 0 Å². The number of aliphatic hydroxyl groups is 1. The highest BCUT2D eigenvalue weighted by Gasteiger charge is 2.38. The molecule has 1 aromatic rings. The van der Waals surface area contributed by atoms with E-state index in [1.54, 1.807) is 24.3 Å². The van der Waals surface area contributed by atoms with E-state index in [1.807, 2.05) is 13.8 Å². The van der Waals surface area contributed by atoms with Crippen LogP contribution in [0.4, 0.5) is 0 Å². The SMILES string of the molecule is CCC(CC)(Oc1ccc(OCCCO)cc1)C(=O)OC. The summed E-state index contributed by atoms with van der Waals surface area (Å²) < 4.78 is 16.2. The minimum atomic E-state index is -0.950. The lowest BCUT2D eigenvalue weighted by Gasteiger charge is -2.29. The molecule has 0 aromatic heterocycles. The average Bonchev–Trinajstić information content (AvgIpc) is 2.53. The van der Waals surface area contributed by atoms with Crippen molar-refractivity contribution in [2.24, 2.45) is 0 Å². The van der Waals surface area contributed by atoms with Crippen LogP contribution in [0.15, 0.2) is 24.3 Å². The van der Waals surface area contributed by atoms with E-state index in [-0.39, 0.29) is 12.6 Å². The van der Waals surface area contributed by atoms with Gasteiger partial charge in [0.1, 0.15) is 11.5 Å². The molecule has 0 unspecified atom stereocenters. The fourth-order valence-electron chi connectivity index (χ4n) is 1.99. The molecule has 0 radical (unpaired) electrons. The molecule has 0 aliphatic carbocycles. The molecule has 0 saturated heterocycles. The van der Waals surface area contributed by atoms with Crippen molar-refractivity contribution in [2.75, 3.05) is 20.3 Å². The summed E-state index contributed by atoms with van der Waals surface area (Å²) in [5.74, 6) is 0.932. The fourth-order valence-corrected chi connectivity index (χ4v) is 1.99. The number of esters is 1. The minimum Gasteiger partial charge on any atom is -0.494 e. The van der Waals surface area contributed by atoms with Crippen LogP contribution < -0.4 is 9.47 Å². The van der Waals surface area contributed by atoms with E-state index in [9.17, 15) is 4.79 Å². The van der Waals surface area contributed by atoms with Crippen molar-refractivity contribution in [3.8, 4) is 11.5 Å². The predicted octanol–water partition coefficient (Wildman–Crippen LogP) is 2.56. The second-order valence-corrected chi connectivity index (χ2v) is 4.69. The highest BCUT2D eigenvalue weighted by atomic mass is 16.6. The maximum atomic E-state index is 11.9. The Morgan fingerprint density at radius 3 is 2.19 bits per heavy atom. The first-order valence-corrected chi connectivity index (χ1v) is 7.23. The molecule has 5 nitrogen and oxygen atoms in total. The molecule has 0 fully saturated rings. The largest absolute Gasteiger partial charge is 0.494 e. The monoisotopic (exact) mass is 296 g/mol. The normalized spacial score (nSPS) is 11.0. The number of methoxy groups -OCH3 is 1. The molecule has 0 saturated carbocycles. The molecule has 0 amide bonds. The summed E-state index contributed by atoms with van der Waals surface area (Å²) in [5, 5.41) is 8.70. The van der Waals surface area contributed by atoms with Crippen molar-refractivity contribution in [1.29, 1.82) is 0 Å². The van der Waals surface area contributed by atoms with Gasteiger partial charge in [-0.1, -0.05) is 13.8 Å². The molecule has 0 aliphatic heterocycles. The van der Waals surface area contributed by atoms with Crippen LogP contribution in [0.25, 0.3) is 0 Å². The van der Waals surface area contributed by atoms with Crippen molar-refractivity contribution in [1.82, 2.24) is 0 Å². The quantitative estimate of drug-likeness (QED) is 0.560. The summed E-state index contributed by atoms with van der Waals surface area (Å²) in [6.45, 7) is 4.36. The van der Waals surface area contributed by atoms with Gasteiger partial charge in [0.25, 0.3) is 0 Å². The van der Waals surface area contributed by atoms with Gasteiger partial charge in [0.05, 0.1) is 13.7 Å². The number of carbonyl (C=O) groups excluding carboxylic acids is 1. The highest BCUT2D eigenvalue weighted by molar-refractivity contribution is 5.79. The second kappa shape index (κ2) is 8.52. The van der Waals surface area contributed by atoms with Crippen molar-refractivity contribution in [3.05, 3.63) is 24.3 Å². The molecular weight excluding hydrogens is 272 g/mol. The first-order chi connectivity index (χ1) is 10.1. The van der Waals surface area contributed by atoms with Gasteiger partial charge in [-0.25, -0.2) is 4.79 Å². The van der Waals surface area contributed by atoms with Crippen LogP contribution >= 0.6 is 0 Å². The molecule has 0 spiro atoms. The Hall–Kier alpha value is -1.75. The number of hydrogen-bond donors (Lipinski definition) is 1. The van der Waals surface area contributed by atoms with Gasteiger partial charge in [-0.05, 0) is 37.1 Å². The summed E-state index contributed by atoms with van der Waals surface area (Å²) in [6.07, 6.45) is 1.66. The number of hydrogen-bond acceptors (Lipinski definition) is 5. The second-order valence-electron chi connectivity index (χ2n) is 4.69. The predicted molar refractivity (Wildman–Crippen MR) is 79.6 cm³/mol. The van der Waals surface area contributed by atoms with Gasteiger partial charge in [0, 0.05) is 13.0 Å². The Balaban J connectivity index is 2.74. The molecule has 0 heterocycles. The van der Waals surface area contributed by atoms with Crippen LogP contribution in [0.5, 0.6) is 11.5 Å². The molecule has 0 bridgehead atoms. The van der Waals surface area contributed by atoms with E-state index in [1.165, 1.54) is 7.11 Å². The zero-order chi connectivity index (χ0) is 15.7. The van der Waals surface area contributed by atoms with Gasteiger partial charge >= 0.3 is 5.97 Å². The molecule has 1 rings (SSSR count). The summed E-state index contributed by atoms with van der Waals surface area (Å²) in [5.41, 5.74) is -0.950. The van der Waals surface area contributed by atoms with E-state index >= 15 is 0 Å². The molecule has 1 aromatic carbocycles. The van der Waals surface area contributed by atoms with Gasteiger partial charge < -0.3 is 19.3 Å². The topological polar surface area (TPSA) is 65.0 Å². The first-order valence-electron chi connectivity index (χ1n) is 7.23. The Bertz CT molecular complexity index is 423. The zero-order valence-electron chi connectivity index (χ0n) is 12.9. The number of ether oxygens (including phenoxy) is 3. The van der Waals surface area contributed by atoms with E-state index in [4.69, 9.17) is 19.3 Å². The maximum absolute atomic E-state index is 11.9. The lowest BCUT2D eigenvalue weighted by Crippen LogP contribution is -2.44. The third-order valence-corrected chi connectivity index (χ3v) is 3.41. The van der Waals surface area contributed by atoms with Gasteiger partial charge in [0.2, 0.25) is 5.60 Å². The van der Waals surface area contributed by atoms with Crippen LogP contribution in [-0.2, 0) is 9.53 Å². The van der Waals surface area contributed by atoms with Crippen LogP contribution in [-0.4, -0.2) is 37.0 Å². The first kappa shape index (κ1) is 17.3. The van der Waals surface area contributed by atoms with Crippen LogP contribution in [0.2, 0.25) is 0 Å². The molecule has 118 valence electrons. The van der Waals surface area contributed by atoms with Crippen molar-refractivity contribution < 1.29 is 24.1 Å². The van der Waals surface area contributed by atoms with Crippen LogP contribution in [0, 0.1) is 0 Å². The molecule has 0 aliphatic rings. The zero-order valence-corrected chi connectivity index (χ0v) is 12.9. The average molecular weight is 296 g/mol. The van der Waals surface area contributed by atoms with Gasteiger partial charge in [-0.2, -0.15) is 0 Å². The van der Waals surface area contributed by atoms with Crippen molar-refractivity contribution in [3.63, 3.8) is 0 Å². The Morgan fingerprint density at radius 2 is 1.71 bits per heavy atom. The van der Waals surface area contributed by atoms with Gasteiger partial charge in [-0.15, -0.1) is 0 Å². The van der Waals surface area contributed by atoms with Crippen molar-refractivity contribution >= 4 is 5.97 Å². The van der Waals surface area contributed by atoms with E-state index in [0.29, 0.717) is 37.4 Å². The Morgan fingerprint density at radius 1 is 1.14 bits per heavy atom. The summed E-state index contributed by atoms with van der Waals surface area (Å²) in [4.78, 5) is 11.9. The van der Waals surface area contributed by atoms with Crippen LogP contribution in [0.3, 0.4) is 0 Å². The lowest BCUT2D eigenvalue weighted by molar-refractivity contribution is -0.159. The number of benzene rings is 1. The van der Waals surface area contributed by atoms with Gasteiger partial charge in [0.15, 0.2) is 0 Å². The number of carbonyl (C=O) groups is 1. The standard InChI is InChI=1S/C16H24O5/c1-4-16(5-2,15(18)19-3)21-14-9-7-13(8-10-14)20-12-6-11-17/h7-10,17H,4-6,11-12H2,1-3H3. The minimum absolute atomic E-state index is 0.107. The number of aliphatic hydroxyl groups excluding tert-OH is 1.